The van der Waals surface area contributed by atoms with Gasteiger partial charge in [0.1, 0.15) is 5.82 Å². The summed E-state index contributed by atoms with van der Waals surface area (Å²) in [5.74, 6) is 1.05. The van der Waals surface area contributed by atoms with E-state index in [1.54, 1.807) is 6.20 Å². The quantitative estimate of drug-likeness (QED) is 0.894. The number of aromatic nitrogens is 1. The Kier molecular flexibility index (Phi) is 4.63. The van der Waals surface area contributed by atoms with Gasteiger partial charge in [-0.15, -0.1) is 0 Å². The van der Waals surface area contributed by atoms with E-state index in [-0.39, 0.29) is 0 Å². The van der Waals surface area contributed by atoms with Gasteiger partial charge in [0.25, 0.3) is 0 Å². The number of hydrogen-bond acceptors (Lipinski definition) is 3. The summed E-state index contributed by atoms with van der Waals surface area (Å²) in [5, 5.41) is 4.14. The summed E-state index contributed by atoms with van der Waals surface area (Å²) >= 11 is 5.88. The lowest BCUT2D eigenvalue weighted by Crippen LogP contribution is -2.46. The van der Waals surface area contributed by atoms with Crippen LogP contribution in [0.5, 0.6) is 0 Å². The molecule has 1 fully saturated rings. The van der Waals surface area contributed by atoms with E-state index in [1.807, 2.05) is 12.1 Å². The Hall–Kier alpha value is -0.800. The van der Waals surface area contributed by atoms with E-state index in [9.17, 15) is 0 Å². The average Bonchev–Trinajstić information content (AvgIpc) is 2.38. The number of halogens is 1. The Balaban J connectivity index is 2.07. The van der Waals surface area contributed by atoms with Gasteiger partial charge in [-0.05, 0) is 37.9 Å². The molecule has 0 radical (unpaired) electrons. The van der Waals surface area contributed by atoms with Crippen molar-refractivity contribution in [2.45, 2.75) is 32.2 Å². The minimum Gasteiger partial charge on any atom is -0.352 e. The van der Waals surface area contributed by atoms with Crippen molar-refractivity contribution >= 4 is 17.4 Å². The monoisotopic (exact) mass is 253 g/mol. The van der Waals surface area contributed by atoms with Crippen LogP contribution in [0.2, 0.25) is 5.02 Å². The van der Waals surface area contributed by atoms with Crippen LogP contribution in [-0.2, 0) is 0 Å². The number of likely N-dealkylation sites (N-methyl/N-ethyl adjacent to an activating group) is 1. The molecule has 0 amide bonds. The largest absolute Gasteiger partial charge is 0.352 e. The zero-order valence-corrected chi connectivity index (χ0v) is 11.1. The zero-order chi connectivity index (χ0) is 12.1. The fourth-order valence-electron chi connectivity index (χ4n) is 2.36. The van der Waals surface area contributed by atoms with Gasteiger partial charge in [0, 0.05) is 25.3 Å². The van der Waals surface area contributed by atoms with Crippen LogP contribution in [0.3, 0.4) is 0 Å². The molecule has 1 N–H and O–H groups in total. The molecule has 0 spiro atoms. The number of anilines is 1. The van der Waals surface area contributed by atoms with Crippen LogP contribution in [0.25, 0.3) is 0 Å². The van der Waals surface area contributed by atoms with Gasteiger partial charge >= 0.3 is 0 Å². The molecule has 1 saturated heterocycles. The highest BCUT2D eigenvalue weighted by Crippen LogP contribution is 2.23. The third-order valence-electron chi connectivity index (χ3n) is 3.26. The van der Waals surface area contributed by atoms with Crippen molar-refractivity contribution in [1.29, 1.82) is 0 Å². The van der Waals surface area contributed by atoms with E-state index in [4.69, 9.17) is 11.6 Å². The van der Waals surface area contributed by atoms with Gasteiger partial charge in [-0.1, -0.05) is 18.5 Å². The normalized spacial score (nSPS) is 20.6. The van der Waals surface area contributed by atoms with Crippen LogP contribution in [0.4, 0.5) is 5.82 Å². The third kappa shape index (κ3) is 3.33. The van der Waals surface area contributed by atoms with E-state index < -0.39 is 0 Å². The SMILES string of the molecule is CCNCC1CCCCN1c1ccc(Cl)cn1. The molecule has 1 aromatic rings. The van der Waals surface area contributed by atoms with Gasteiger partial charge in [-0.25, -0.2) is 4.98 Å². The number of pyridine rings is 1. The zero-order valence-electron chi connectivity index (χ0n) is 10.3. The standard InChI is InChI=1S/C13H20ClN3/c1-2-15-10-12-5-3-4-8-17(12)13-7-6-11(14)9-16-13/h6-7,9,12,15H,2-5,8,10H2,1H3. The number of piperidine rings is 1. The molecule has 2 heterocycles. The van der Waals surface area contributed by atoms with Gasteiger partial charge in [0.15, 0.2) is 0 Å². The minimum absolute atomic E-state index is 0.567. The predicted molar refractivity (Wildman–Crippen MR) is 72.8 cm³/mol. The molecule has 1 aliphatic heterocycles. The lowest BCUT2D eigenvalue weighted by atomic mass is 10.0. The molecular weight excluding hydrogens is 234 g/mol. The summed E-state index contributed by atoms with van der Waals surface area (Å²) in [5.41, 5.74) is 0. The third-order valence-corrected chi connectivity index (χ3v) is 3.49. The van der Waals surface area contributed by atoms with Crippen molar-refractivity contribution in [3.63, 3.8) is 0 Å². The van der Waals surface area contributed by atoms with Crippen LogP contribution in [0.15, 0.2) is 18.3 Å². The van der Waals surface area contributed by atoms with Crippen molar-refractivity contribution in [3.05, 3.63) is 23.4 Å². The van der Waals surface area contributed by atoms with E-state index in [2.05, 4.69) is 22.1 Å². The maximum atomic E-state index is 5.88. The predicted octanol–water partition coefficient (Wildman–Crippen LogP) is 2.70. The van der Waals surface area contributed by atoms with Gasteiger partial charge in [-0.3, -0.25) is 0 Å². The summed E-state index contributed by atoms with van der Waals surface area (Å²) < 4.78 is 0. The summed E-state index contributed by atoms with van der Waals surface area (Å²) in [6, 6.07) is 4.51. The minimum atomic E-state index is 0.567. The highest BCUT2D eigenvalue weighted by molar-refractivity contribution is 6.30. The summed E-state index contributed by atoms with van der Waals surface area (Å²) in [7, 11) is 0. The van der Waals surface area contributed by atoms with E-state index in [1.165, 1.54) is 19.3 Å². The molecule has 17 heavy (non-hydrogen) atoms. The first kappa shape index (κ1) is 12.7. The van der Waals surface area contributed by atoms with Crippen LogP contribution < -0.4 is 10.2 Å². The molecule has 1 atom stereocenters. The number of nitrogens with zero attached hydrogens (tertiary/aromatic N) is 2. The maximum Gasteiger partial charge on any atom is 0.128 e. The second-order valence-electron chi connectivity index (χ2n) is 4.49. The second kappa shape index (κ2) is 6.22. The molecule has 4 heteroatoms. The lowest BCUT2D eigenvalue weighted by Gasteiger charge is -2.36. The Morgan fingerprint density at radius 1 is 1.47 bits per heavy atom. The second-order valence-corrected chi connectivity index (χ2v) is 4.92. The van der Waals surface area contributed by atoms with Crippen molar-refractivity contribution in [3.8, 4) is 0 Å². The molecule has 1 aromatic heterocycles. The molecule has 1 unspecified atom stereocenters. The number of nitrogens with one attached hydrogen (secondary N) is 1. The molecular formula is C13H20ClN3. The van der Waals surface area contributed by atoms with Crippen LogP contribution >= 0.6 is 11.6 Å². The fraction of sp³-hybridized carbons (Fsp3) is 0.615. The van der Waals surface area contributed by atoms with Gasteiger partial charge < -0.3 is 10.2 Å². The van der Waals surface area contributed by atoms with E-state index >= 15 is 0 Å². The van der Waals surface area contributed by atoms with Crippen LogP contribution in [-0.4, -0.2) is 30.7 Å². The molecule has 94 valence electrons. The Morgan fingerprint density at radius 3 is 3.06 bits per heavy atom. The molecule has 0 aromatic carbocycles. The van der Waals surface area contributed by atoms with Gasteiger partial charge in [-0.2, -0.15) is 0 Å². The fourth-order valence-corrected chi connectivity index (χ4v) is 2.48. The van der Waals surface area contributed by atoms with Crippen molar-refractivity contribution in [2.24, 2.45) is 0 Å². The topological polar surface area (TPSA) is 28.2 Å². The first-order chi connectivity index (χ1) is 8.31. The smallest absolute Gasteiger partial charge is 0.128 e. The molecule has 3 nitrogen and oxygen atoms in total. The summed E-state index contributed by atoms with van der Waals surface area (Å²) in [6.07, 6.45) is 5.56. The van der Waals surface area contributed by atoms with E-state index in [0.717, 1.165) is 25.5 Å². The van der Waals surface area contributed by atoms with Crippen molar-refractivity contribution in [1.82, 2.24) is 10.3 Å². The van der Waals surface area contributed by atoms with Crippen molar-refractivity contribution < 1.29 is 0 Å². The molecule has 0 saturated carbocycles. The molecule has 0 aliphatic carbocycles. The molecule has 0 bridgehead atoms. The van der Waals surface area contributed by atoms with Gasteiger partial charge in [0.2, 0.25) is 0 Å². The van der Waals surface area contributed by atoms with Crippen LogP contribution in [0, 0.1) is 0 Å². The Labute approximate surface area is 108 Å². The summed E-state index contributed by atoms with van der Waals surface area (Å²) in [4.78, 5) is 6.83. The molecule has 1 aliphatic rings. The van der Waals surface area contributed by atoms with Crippen molar-refractivity contribution in [2.75, 3.05) is 24.5 Å². The van der Waals surface area contributed by atoms with E-state index in [0.29, 0.717) is 11.1 Å². The Morgan fingerprint density at radius 2 is 2.35 bits per heavy atom. The first-order valence-corrected chi connectivity index (χ1v) is 6.78. The number of rotatable bonds is 4. The maximum absolute atomic E-state index is 5.88. The lowest BCUT2D eigenvalue weighted by molar-refractivity contribution is 0.436. The number of hydrogen-bond donors (Lipinski definition) is 1. The highest BCUT2D eigenvalue weighted by atomic mass is 35.5. The first-order valence-electron chi connectivity index (χ1n) is 6.40. The highest BCUT2D eigenvalue weighted by Gasteiger charge is 2.22. The molecule has 2 rings (SSSR count). The Bertz CT molecular complexity index is 339. The average molecular weight is 254 g/mol. The summed E-state index contributed by atoms with van der Waals surface area (Å²) in [6.45, 7) is 5.32. The van der Waals surface area contributed by atoms with Crippen LogP contribution in [0.1, 0.15) is 26.2 Å². The van der Waals surface area contributed by atoms with Gasteiger partial charge in [0.05, 0.1) is 5.02 Å².